The Bertz CT molecular complexity index is 398. The summed E-state index contributed by atoms with van der Waals surface area (Å²) in [5, 5.41) is 0. The first-order valence-electron chi connectivity index (χ1n) is 6.11. The highest BCUT2D eigenvalue weighted by atomic mass is 35.5. The van der Waals surface area contributed by atoms with Gasteiger partial charge in [0, 0.05) is 11.8 Å². The molecule has 0 saturated carbocycles. The number of halogens is 2. The molecular weight excluding hydrogens is 306 g/mol. The summed E-state index contributed by atoms with van der Waals surface area (Å²) in [6.07, 6.45) is -0.450. The van der Waals surface area contributed by atoms with Gasteiger partial charge in [0.05, 0.1) is 18.4 Å². The Kier molecular flexibility index (Phi) is 7.41. The summed E-state index contributed by atoms with van der Waals surface area (Å²) in [6, 6.07) is 9.44. The van der Waals surface area contributed by atoms with Crippen LogP contribution in [0.4, 0.5) is 0 Å². The Morgan fingerprint density at radius 1 is 1.05 bits per heavy atom. The molecule has 6 heteroatoms. The van der Waals surface area contributed by atoms with Gasteiger partial charge < -0.3 is 9.05 Å². The number of alkyl halides is 2. The van der Waals surface area contributed by atoms with Gasteiger partial charge in [-0.1, -0.05) is 30.3 Å². The van der Waals surface area contributed by atoms with E-state index in [1.165, 1.54) is 0 Å². The normalized spacial score (nSPS) is 15.2. The largest absolute Gasteiger partial charge is 0.335 e. The summed E-state index contributed by atoms with van der Waals surface area (Å²) in [4.78, 5) is 0. The summed E-state index contributed by atoms with van der Waals surface area (Å²) in [7, 11) is -3.26. The molecule has 0 fully saturated rings. The van der Waals surface area contributed by atoms with Crippen LogP contribution in [0.2, 0.25) is 0 Å². The zero-order valence-corrected chi connectivity index (χ0v) is 13.5. The molecule has 0 saturated heterocycles. The van der Waals surface area contributed by atoms with E-state index in [1.54, 1.807) is 13.8 Å². The maximum absolute atomic E-state index is 12.8. The van der Waals surface area contributed by atoms with Crippen LogP contribution in [0, 0.1) is 0 Å². The molecule has 1 aromatic carbocycles. The van der Waals surface area contributed by atoms with E-state index in [2.05, 4.69) is 0 Å². The first kappa shape index (κ1) is 17.0. The summed E-state index contributed by atoms with van der Waals surface area (Å²) in [5.74, 6) is 0.523. The van der Waals surface area contributed by atoms with Gasteiger partial charge in [-0.05, 0) is 19.4 Å². The fraction of sp³-hybridized carbons (Fsp3) is 0.538. The lowest BCUT2D eigenvalue weighted by Gasteiger charge is -2.24. The van der Waals surface area contributed by atoms with Gasteiger partial charge in [0.25, 0.3) is 0 Å². The van der Waals surface area contributed by atoms with Gasteiger partial charge in [-0.15, -0.1) is 23.2 Å². The van der Waals surface area contributed by atoms with Gasteiger partial charge in [0.1, 0.15) is 0 Å². The third kappa shape index (κ3) is 6.29. The third-order valence-corrected chi connectivity index (χ3v) is 5.32. The van der Waals surface area contributed by atoms with E-state index in [4.69, 9.17) is 32.2 Å². The molecule has 0 aliphatic rings. The minimum Gasteiger partial charge on any atom is -0.304 e. The van der Waals surface area contributed by atoms with Crippen molar-refractivity contribution < 1.29 is 13.6 Å². The van der Waals surface area contributed by atoms with Crippen LogP contribution in [0.3, 0.4) is 0 Å². The Labute approximate surface area is 124 Å². The zero-order chi connectivity index (χ0) is 14.3. The second-order valence-electron chi connectivity index (χ2n) is 4.40. The molecule has 0 unspecified atom stereocenters. The predicted octanol–water partition coefficient (Wildman–Crippen LogP) is 4.67. The highest BCUT2D eigenvalue weighted by molar-refractivity contribution is 7.53. The first-order chi connectivity index (χ1) is 8.99. The molecule has 0 spiro atoms. The summed E-state index contributed by atoms with van der Waals surface area (Å²) < 4.78 is 23.8. The second-order valence-corrected chi connectivity index (χ2v) is 6.97. The molecule has 1 aromatic rings. The Morgan fingerprint density at radius 3 is 1.95 bits per heavy atom. The van der Waals surface area contributed by atoms with Crippen LogP contribution >= 0.6 is 30.8 Å². The van der Waals surface area contributed by atoms with Gasteiger partial charge in [-0.25, -0.2) is 0 Å². The molecule has 0 heterocycles. The average Bonchev–Trinajstić information content (AvgIpc) is 2.39. The maximum Gasteiger partial charge on any atom is 0.335 e. The summed E-state index contributed by atoms with van der Waals surface area (Å²) >= 11 is 11.4. The highest BCUT2D eigenvalue weighted by Gasteiger charge is 2.29. The van der Waals surface area contributed by atoms with Crippen LogP contribution in [0.5, 0.6) is 0 Å². The Hall–Kier alpha value is -0.0500. The minimum absolute atomic E-state index is 0.219. The van der Waals surface area contributed by atoms with Gasteiger partial charge in [0.2, 0.25) is 0 Å². The quantitative estimate of drug-likeness (QED) is 0.515. The molecule has 0 amide bonds. The van der Waals surface area contributed by atoms with Crippen LogP contribution in [0.1, 0.15) is 19.4 Å². The fourth-order valence-electron chi connectivity index (χ4n) is 1.51. The van der Waals surface area contributed by atoms with Crippen molar-refractivity contribution in [2.24, 2.45) is 0 Å². The Morgan fingerprint density at radius 2 is 1.53 bits per heavy atom. The van der Waals surface area contributed by atoms with Crippen LogP contribution in [0.25, 0.3) is 0 Å². The van der Waals surface area contributed by atoms with Gasteiger partial charge in [0.15, 0.2) is 0 Å². The van der Waals surface area contributed by atoms with Gasteiger partial charge in [-0.2, -0.15) is 0 Å². The average molecular weight is 325 g/mol. The molecule has 1 rings (SSSR count). The number of benzene rings is 1. The number of hydrogen-bond donors (Lipinski definition) is 0. The topological polar surface area (TPSA) is 35.5 Å². The van der Waals surface area contributed by atoms with Crippen molar-refractivity contribution in [3.05, 3.63) is 35.9 Å². The van der Waals surface area contributed by atoms with E-state index in [1.807, 2.05) is 30.3 Å². The van der Waals surface area contributed by atoms with Crippen molar-refractivity contribution in [3.8, 4) is 0 Å². The van der Waals surface area contributed by atoms with Crippen molar-refractivity contribution in [2.75, 3.05) is 11.8 Å². The highest BCUT2D eigenvalue weighted by Crippen LogP contribution is 2.53. The van der Waals surface area contributed by atoms with Crippen LogP contribution in [-0.4, -0.2) is 24.0 Å². The molecule has 19 heavy (non-hydrogen) atoms. The SMILES string of the molecule is C[C@@H](CCl)OP(=O)(Cc1ccccc1)O[C@@H](C)CCl. The van der Waals surface area contributed by atoms with E-state index >= 15 is 0 Å². The van der Waals surface area contributed by atoms with Crippen LogP contribution < -0.4 is 0 Å². The maximum atomic E-state index is 12.8. The van der Waals surface area contributed by atoms with E-state index in [9.17, 15) is 4.57 Å². The molecule has 0 radical (unpaired) electrons. The molecule has 3 nitrogen and oxygen atoms in total. The van der Waals surface area contributed by atoms with Crippen molar-refractivity contribution in [1.29, 1.82) is 0 Å². The van der Waals surface area contributed by atoms with E-state index in [0.717, 1.165) is 5.56 Å². The first-order valence-corrected chi connectivity index (χ1v) is 8.90. The lowest BCUT2D eigenvalue weighted by atomic mass is 10.2. The van der Waals surface area contributed by atoms with Crippen LogP contribution in [0.15, 0.2) is 30.3 Å². The molecule has 0 bridgehead atoms. The monoisotopic (exact) mass is 324 g/mol. The van der Waals surface area contributed by atoms with E-state index in [-0.39, 0.29) is 30.1 Å². The minimum atomic E-state index is -3.26. The van der Waals surface area contributed by atoms with Crippen molar-refractivity contribution >= 4 is 30.8 Å². The van der Waals surface area contributed by atoms with Crippen molar-refractivity contribution in [3.63, 3.8) is 0 Å². The molecule has 0 aliphatic heterocycles. The molecule has 0 aromatic heterocycles. The van der Waals surface area contributed by atoms with Crippen LogP contribution in [-0.2, 0) is 19.8 Å². The molecule has 0 aliphatic carbocycles. The van der Waals surface area contributed by atoms with E-state index < -0.39 is 7.60 Å². The number of rotatable bonds is 8. The van der Waals surface area contributed by atoms with E-state index in [0.29, 0.717) is 0 Å². The Balaban J connectivity index is 2.82. The molecule has 2 atom stereocenters. The van der Waals surface area contributed by atoms with Crippen molar-refractivity contribution in [1.82, 2.24) is 0 Å². The second kappa shape index (κ2) is 8.28. The lowest BCUT2D eigenvalue weighted by Crippen LogP contribution is -2.15. The van der Waals surface area contributed by atoms with Gasteiger partial charge in [-0.3, -0.25) is 4.57 Å². The zero-order valence-electron chi connectivity index (χ0n) is 11.1. The summed E-state index contributed by atoms with van der Waals surface area (Å²) in [6.45, 7) is 3.53. The standard InChI is InChI=1S/C13H19Cl2O3P/c1-11(8-14)17-19(16,18-12(2)9-15)10-13-6-4-3-5-7-13/h3-7,11-12H,8-10H2,1-2H3/t11-,12-/m0/s1. The predicted molar refractivity (Wildman–Crippen MR) is 80.3 cm³/mol. The summed E-state index contributed by atoms with van der Waals surface area (Å²) in [5.41, 5.74) is 0.898. The third-order valence-electron chi connectivity index (χ3n) is 2.33. The fourth-order valence-corrected chi connectivity index (χ4v) is 3.92. The lowest BCUT2D eigenvalue weighted by molar-refractivity contribution is 0.144. The number of hydrogen-bond acceptors (Lipinski definition) is 3. The molecule has 0 N–H and O–H groups in total. The van der Waals surface area contributed by atoms with Crippen molar-refractivity contribution in [2.45, 2.75) is 32.2 Å². The van der Waals surface area contributed by atoms with Gasteiger partial charge >= 0.3 is 7.60 Å². The smallest absolute Gasteiger partial charge is 0.304 e. The molecular formula is C13H19Cl2O3P. The molecule has 108 valence electrons.